The zero-order valence-corrected chi connectivity index (χ0v) is 18.1. The molecule has 1 unspecified atom stereocenters. The van der Waals surface area contributed by atoms with Gasteiger partial charge in [0.25, 0.3) is 0 Å². The molecule has 164 valence electrons. The Morgan fingerprint density at radius 1 is 1.41 bits per heavy atom. The van der Waals surface area contributed by atoms with Gasteiger partial charge in [0.15, 0.2) is 11.5 Å². The van der Waals surface area contributed by atoms with E-state index in [1.807, 2.05) is 0 Å². The number of carbonyl (C=O) groups is 1. The van der Waals surface area contributed by atoms with Crippen molar-refractivity contribution in [3.63, 3.8) is 0 Å². The first kappa shape index (κ1) is 20.5. The maximum absolute atomic E-state index is 13.8. The molecule has 0 saturated heterocycles. The van der Waals surface area contributed by atoms with Gasteiger partial charge >= 0.3 is 0 Å². The summed E-state index contributed by atoms with van der Waals surface area (Å²) in [7, 11) is 0. The summed E-state index contributed by atoms with van der Waals surface area (Å²) in [5.41, 5.74) is 2.41. The molecule has 0 aliphatic heterocycles. The summed E-state index contributed by atoms with van der Waals surface area (Å²) in [4.78, 5) is 21.8. The summed E-state index contributed by atoms with van der Waals surface area (Å²) in [6, 6.07) is 2.89. The molecule has 0 radical (unpaired) electrons. The number of nitrogens with one attached hydrogen (secondary N) is 1. The van der Waals surface area contributed by atoms with Crippen LogP contribution in [-0.2, 0) is 10.2 Å². The van der Waals surface area contributed by atoms with E-state index in [0.717, 1.165) is 30.5 Å². The van der Waals surface area contributed by atoms with Gasteiger partial charge in [0.2, 0.25) is 11.9 Å². The minimum absolute atomic E-state index is 0.176. The lowest BCUT2D eigenvalue weighted by Crippen LogP contribution is -2.34. The van der Waals surface area contributed by atoms with Crippen molar-refractivity contribution in [3.05, 3.63) is 46.8 Å². The minimum Gasteiger partial charge on any atom is -0.324 e. The van der Waals surface area contributed by atoms with E-state index in [0.29, 0.717) is 23.6 Å². The Labute approximate surface area is 188 Å². The van der Waals surface area contributed by atoms with Crippen LogP contribution in [0.15, 0.2) is 34.7 Å². The monoisotopic (exact) mass is 454 g/mol. The van der Waals surface area contributed by atoms with E-state index in [-0.39, 0.29) is 16.3 Å². The molecule has 0 bridgehead atoms. The van der Waals surface area contributed by atoms with Gasteiger partial charge in [-0.25, -0.2) is 14.5 Å². The van der Waals surface area contributed by atoms with Crippen molar-refractivity contribution in [1.82, 2.24) is 19.6 Å². The molecule has 1 spiro atoms. The molecule has 3 heterocycles. The number of rotatable bonds is 5. The molecular formula is C21H20ClFN8O. The van der Waals surface area contributed by atoms with Crippen LogP contribution < -0.4 is 10.4 Å². The SMILES string of the molecule is C=NN(/N=C\C)c1ncc(NC(=O)C2CC3(CCC3)c3c2cnc2cc(F)nn32)cc1Cl. The van der Waals surface area contributed by atoms with E-state index in [1.54, 1.807) is 23.7 Å². The third kappa shape index (κ3) is 3.13. The number of halogens is 2. The number of fused-ring (bicyclic) bond motifs is 4. The Hall–Kier alpha value is -3.40. The summed E-state index contributed by atoms with van der Waals surface area (Å²) >= 11 is 6.33. The molecule has 1 atom stereocenters. The first-order valence-corrected chi connectivity index (χ1v) is 10.6. The predicted molar refractivity (Wildman–Crippen MR) is 120 cm³/mol. The molecule has 9 nitrogen and oxygen atoms in total. The van der Waals surface area contributed by atoms with Gasteiger partial charge in [0.1, 0.15) is 0 Å². The van der Waals surface area contributed by atoms with Gasteiger partial charge in [-0.15, -0.1) is 10.2 Å². The molecule has 2 aliphatic rings. The van der Waals surface area contributed by atoms with Crippen LogP contribution in [0, 0.1) is 5.95 Å². The fourth-order valence-corrected chi connectivity index (χ4v) is 4.97. The first-order chi connectivity index (χ1) is 15.5. The average Bonchev–Trinajstić information content (AvgIpc) is 3.29. The Morgan fingerprint density at radius 2 is 2.22 bits per heavy atom. The number of nitrogens with zero attached hydrogens (tertiary/aromatic N) is 7. The van der Waals surface area contributed by atoms with Gasteiger partial charge in [-0.2, -0.15) is 14.6 Å². The third-order valence-corrected chi connectivity index (χ3v) is 6.50. The van der Waals surface area contributed by atoms with Crippen molar-refractivity contribution in [3.8, 4) is 0 Å². The first-order valence-electron chi connectivity index (χ1n) is 10.2. The molecule has 5 rings (SSSR count). The second kappa shape index (κ2) is 7.63. The largest absolute Gasteiger partial charge is 0.324 e. The van der Waals surface area contributed by atoms with Crippen LogP contribution in [0.25, 0.3) is 5.65 Å². The van der Waals surface area contributed by atoms with E-state index in [1.165, 1.54) is 23.6 Å². The van der Waals surface area contributed by atoms with Crippen molar-refractivity contribution in [2.24, 2.45) is 10.2 Å². The standard InChI is InChI=1S/C21H20ClFN8O/c1-3-27-31(24-2)19-15(22)7-12(10-26-19)28-20(32)13-9-21(5-4-6-21)18-14(13)11-25-17-8-16(23)29-30(17)18/h3,7-8,10-11,13H,2,4-6,9H2,1H3,(H,28,32)/b27-3-. The minimum atomic E-state index is -0.579. The lowest BCUT2D eigenvalue weighted by molar-refractivity contribution is -0.117. The van der Waals surface area contributed by atoms with Crippen molar-refractivity contribution in [2.45, 2.75) is 43.9 Å². The average molecular weight is 455 g/mol. The molecule has 1 saturated carbocycles. The van der Waals surface area contributed by atoms with E-state index in [9.17, 15) is 9.18 Å². The highest BCUT2D eigenvalue weighted by molar-refractivity contribution is 6.33. The number of aromatic nitrogens is 4. The van der Waals surface area contributed by atoms with Gasteiger partial charge in [0.05, 0.1) is 28.5 Å². The van der Waals surface area contributed by atoms with E-state index in [2.05, 4.69) is 37.3 Å². The second-order valence-corrected chi connectivity index (χ2v) is 8.42. The van der Waals surface area contributed by atoms with E-state index in [4.69, 9.17) is 11.6 Å². The zero-order valence-electron chi connectivity index (χ0n) is 17.3. The van der Waals surface area contributed by atoms with E-state index < -0.39 is 11.9 Å². The highest BCUT2D eigenvalue weighted by Crippen LogP contribution is 2.56. The number of amides is 1. The summed E-state index contributed by atoms with van der Waals surface area (Å²) in [5, 5.41) is 16.1. The second-order valence-electron chi connectivity index (χ2n) is 8.01. The van der Waals surface area contributed by atoms with Crippen LogP contribution in [0.2, 0.25) is 5.02 Å². The maximum atomic E-state index is 13.8. The highest BCUT2D eigenvalue weighted by Gasteiger charge is 2.52. The third-order valence-electron chi connectivity index (χ3n) is 6.22. The van der Waals surface area contributed by atoms with Crippen LogP contribution in [0.1, 0.15) is 49.8 Å². The molecule has 1 fully saturated rings. The van der Waals surface area contributed by atoms with E-state index >= 15 is 0 Å². The topological polar surface area (TPSA) is 100 Å². The Kier molecular flexibility index (Phi) is 4.89. The Bertz CT molecular complexity index is 1270. The van der Waals surface area contributed by atoms with Crippen molar-refractivity contribution in [1.29, 1.82) is 0 Å². The van der Waals surface area contributed by atoms with Crippen LogP contribution in [0.4, 0.5) is 15.9 Å². The molecule has 11 heteroatoms. The molecule has 32 heavy (non-hydrogen) atoms. The summed E-state index contributed by atoms with van der Waals surface area (Å²) < 4.78 is 15.4. The zero-order chi connectivity index (χ0) is 22.5. The number of pyridine rings is 1. The number of hydrazone groups is 2. The van der Waals surface area contributed by atoms with Gasteiger partial charge < -0.3 is 5.32 Å². The molecule has 1 amide bonds. The molecule has 1 N–H and O–H groups in total. The normalized spacial score (nSPS) is 18.7. The van der Waals surface area contributed by atoms with Gasteiger partial charge in [0, 0.05) is 36.2 Å². The van der Waals surface area contributed by atoms with Crippen molar-refractivity contribution in [2.75, 3.05) is 10.4 Å². The van der Waals surface area contributed by atoms with Crippen LogP contribution in [-0.4, -0.2) is 38.4 Å². The quantitative estimate of drug-likeness (QED) is 0.465. The molecular weight excluding hydrogens is 435 g/mol. The fraction of sp³-hybridized carbons (Fsp3) is 0.333. The van der Waals surface area contributed by atoms with Crippen LogP contribution in [0.5, 0.6) is 0 Å². The fourth-order valence-electron chi connectivity index (χ4n) is 4.72. The van der Waals surface area contributed by atoms with Crippen LogP contribution >= 0.6 is 11.6 Å². The van der Waals surface area contributed by atoms with Crippen molar-refractivity contribution >= 4 is 47.6 Å². The summed E-state index contributed by atoms with van der Waals surface area (Å²) in [6.45, 7) is 5.18. The lowest BCUT2D eigenvalue weighted by atomic mass is 9.66. The van der Waals surface area contributed by atoms with Gasteiger partial charge in [-0.3, -0.25) is 4.79 Å². The van der Waals surface area contributed by atoms with Crippen LogP contribution in [0.3, 0.4) is 0 Å². The highest BCUT2D eigenvalue weighted by atomic mass is 35.5. The number of hydrogen-bond acceptors (Lipinski definition) is 7. The molecule has 3 aromatic heterocycles. The summed E-state index contributed by atoms with van der Waals surface area (Å²) in [6.07, 6.45) is 8.28. The maximum Gasteiger partial charge on any atom is 0.235 e. The smallest absolute Gasteiger partial charge is 0.235 e. The molecule has 2 aliphatic carbocycles. The Balaban J connectivity index is 1.45. The number of anilines is 2. The predicted octanol–water partition coefficient (Wildman–Crippen LogP) is 3.89. The molecule has 0 aromatic carbocycles. The Morgan fingerprint density at radius 3 is 2.88 bits per heavy atom. The summed E-state index contributed by atoms with van der Waals surface area (Å²) in [5.74, 6) is -0.905. The number of hydrogen-bond donors (Lipinski definition) is 1. The van der Waals surface area contributed by atoms with Gasteiger partial charge in [-0.05, 0) is 32.3 Å². The number of carbonyl (C=O) groups excluding carboxylic acids is 1. The lowest BCUT2D eigenvalue weighted by Gasteiger charge is -2.39. The van der Waals surface area contributed by atoms with Crippen molar-refractivity contribution < 1.29 is 9.18 Å². The molecule has 3 aromatic rings. The van der Waals surface area contributed by atoms with Gasteiger partial charge in [-0.1, -0.05) is 18.0 Å².